The van der Waals surface area contributed by atoms with Gasteiger partial charge < -0.3 is 4.90 Å². The zero-order chi connectivity index (χ0) is 36.3. The second-order valence-electron chi connectivity index (χ2n) is 15.3. The van der Waals surface area contributed by atoms with Gasteiger partial charge in [0.15, 0.2) is 5.71 Å². The molecule has 52 heavy (non-hydrogen) atoms. The van der Waals surface area contributed by atoms with Crippen LogP contribution in [0.15, 0.2) is 130 Å². The minimum absolute atomic E-state index is 0.0884. The number of hydrogen-bond acceptors (Lipinski definition) is 5. The molecule has 4 aromatic rings. The fourth-order valence-electron chi connectivity index (χ4n) is 8.17. The highest BCUT2D eigenvalue weighted by Gasteiger charge is 2.44. The summed E-state index contributed by atoms with van der Waals surface area (Å²) < 4.78 is 4.43. The molecule has 3 aromatic carbocycles. The number of anilines is 1. The number of tetrazole rings is 1. The molecule has 0 bridgehead atoms. The maximum Gasteiger partial charge on any atom is 0.218 e. The molecule has 6 nitrogen and oxygen atoms in total. The molecule has 7 rings (SSSR count). The van der Waals surface area contributed by atoms with E-state index in [0.717, 1.165) is 56.0 Å². The Morgan fingerprint density at radius 3 is 2.31 bits per heavy atom. The fourth-order valence-corrected chi connectivity index (χ4v) is 9.26. The minimum Gasteiger partial charge on any atom is -0.344 e. The summed E-state index contributed by atoms with van der Waals surface area (Å²) in [7, 11) is 0. The molecule has 0 N–H and O–H groups in total. The summed E-state index contributed by atoms with van der Waals surface area (Å²) >= 11 is 1.70. The molecule has 7 heteroatoms. The summed E-state index contributed by atoms with van der Waals surface area (Å²) in [4.78, 5) is 3.82. The van der Waals surface area contributed by atoms with Crippen LogP contribution in [0.3, 0.4) is 0 Å². The van der Waals surface area contributed by atoms with E-state index in [1.54, 1.807) is 11.8 Å². The topological polar surface area (TPSA) is 49.9 Å². The molecule has 3 heterocycles. The molecule has 0 unspecified atom stereocenters. The molecule has 0 atom stereocenters. The highest BCUT2D eigenvalue weighted by atomic mass is 32.2. The molecule has 1 aromatic heterocycles. The average Bonchev–Trinajstić information content (AvgIpc) is 3.78. The molecule has 0 spiro atoms. The van der Waals surface area contributed by atoms with Crippen LogP contribution in [0.2, 0.25) is 0 Å². The van der Waals surface area contributed by atoms with E-state index in [1.807, 2.05) is 22.9 Å². The highest BCUT2D eigenvalue weighted by Crippen LogP contribution is 2.48. The van der Waals surface area contributed by atoms with Crippen molar-refractivity contribution in [3.05, 3.63) is 136 Å². The van der Waals surface area contributed by atoms with Crippen LogP contribution < -0.4 is 4.90 Å². The maximum absolute atomic E-state index is 4.56. The summed E-state index contributed by atoms with van der Waals surface area (Å²) in [5, 5.41) is 13.9. The Balaban J connectivity index is 1.34. The van der Waals surface area contributed by atoms with Gasteiger partial charge in [0.1, 0.15) is 6.54 Å². The molecule has 3 aliphatic rings. The maximum atomic E-state index is 4.56. The van der Waals surface area contributed by atoms with Gasteiger partial charge in [-0.05, 0) is 103 Å². The molecule has 0 fully saturated rings. The minimum atomic E-state index is -0.0884. The van der Waals surface area contributed by atoms with Crippen LogP contribution in [-0.4, -0.2) is 43.6 Å². The number of aromatic nitrogens is 4. The van der Waals surface area contributed by atoms with Gasteiger partial charge in [-0.25, -0.2) is 0 Å². The first kappa shape index (κ1) is 35.9. The number of fused-ring (bicyclic) bond motifs is 2. The first-order chi connectivity index (χ1) is 25.3. The quantitative estimate of drug-likeness (QED) is 0.137. The van der Waals surface area contributed by atoms with Gasteiger partial charge in [-0.1, -0.05) is 107 Å². The van der Waals surface area contributed by atoms with Gasteiger partial charge in [0.05, 0.1) is 11.1 Å². The smallest absolute Gasteiger partial charge is 0.218 e. The van der Waals surface area contributed by atoms with Crippen LogP contribution in [0.25, 0.3) is 5.69 Å². The van der Waals surface area contributed by atoms with E-state index >= 15 is 0 Å². The summed E-state index contributed by atoms with van der Waals surface area (Å²) in [6, 6.07) is 28.1. The Labute approximate surface area is 314 Å². The Morgan fingerprint density at radius 2 is 1.52 bits per heavy atom. The number of para-hydroxylation sites is 3. The van der Waals surface area contributed by atoms with E-state index in [0.29, 0.717) is 0 Å². The number of unbranched alkanes of at least 4 members (excludes halogenated alkanes) is 2. The summed E-state index contributed by atoms with van der Waals surface area (Å²) in [6.07, 6.45) is 17.4. The SMILES string of the molecule is CCCCN1/C(=C/C=C2\CCCC(/C=C/C3=[N+](CCCC)c4ccccc4C3(C)C)=C2Sc2nnnn2-c2ccccc2)C(C)(C)c2ccccc21. The van der Waals surface area contributed by atoms with Crippen molar-refractivity contribution in [3.8, 4) is 5.69 Å². The number of benzene rings is 3. The third-order valence-electron chi connectivity index (χ3n) is 11.1. The lowest BCUT2D eigenvalue weighted by Crippen LogP contribution is -2.28. The van der Waals surface area contributed by atoms with Crippen molar-refractivity contribution in [1.82, 2.24) is 20.2 Å². The van der Waals surface area contributed by atoms with E-state index in [-0.39, 0.29) is 10.8 Å². The van der Waals surface area contributed by atoms with Crippen molar-refractivity contribution in [2.75, 3.05) is 18.0 Å². The summed E-state index contributed by atoms with van der Waals surface area (Å²) in [5.74, 6) is 0. The third-order valence-corrected chi connectivity index (χ3v) is 12.2. The van der Waals surface area contributed by atoms with Gasteiger partial charge in [0, 0.05) is 52.4 Å². The fraction of sp³-hybridized carbons (Fsp3) is 0.378. The molecule has 0 radical (unpaired) electrons. The Kier molecular flexibility index (Phi) is 10.5. The zero-order valence-corrected chi connectivity index (χ0v) is 32.6. The van der Waals surface area contributed by atoms with Crippen LogP contribution >= 0.6 is 11.8 Å². The zero-order valence-electron chi connectivity index (χ0n) is 31.8. The highest BCUT2D eigenvalue weighted by molar-refractivity contribution is 8.03. The molecule has 0 saturated carbocycles. The predicted molar refractivity (Wildman–Crippen MR) is 217 cm³/mol. The Morgan fingerprint density at radius 1 is 0.788 bits per heavy atom. The van der Waals surface area contributed by atoms with Gasteiger partial charge in [0.25, 0.3) is 0 Å². The number of allylic oxidation sites excluding steroid dienone is 7. The summed E-state index contributed by atoms with van der Waals surface area (Å²) in [6.45, 7) is 16.1. The number of hydrogen-bond donors (Lipinski definition) is 0. The molecule has 0 saturated heterocycles. The first-order valence-electron chi connectivity index (χ1n) is 19.2. The van der Waals surface area contributed by atoms with Crippen LogP contribution in [0, 0.1) is 0 Å². The Bertz CT molecular complexity index is 2080. The van der Waals surface area contributed by atoms with E-state index in [1.165, 1.54) is 62.8 Å². The van der Waals surface area contributed by atoms with Crippen molar-refractivity contribution >= 4 is 28.8 Å². The van der Waals surface area contributed by atoms with Crippen LogP contribution in [0.4, 0.5) is 11.4 Å². The van der Waals surface area contributed by atoms with Gasteiger partial charge in [-0.3, -0.25) is 0 Å². The average molecular weight is 710 g/mol. The van der Waals surface area contributed by atoms with E-state index in [4.69, 9.17) is 0 Å². The number of thioether (sulfide) groups is 1. The van der Waals surface area contributed by atoms with Crippen molar-refractivity contribution in [2.24, 2.45) is 0 Å². The van der Waals surface area contributed by atoms with Crippen molar-refractivity contribution < 1.29 is 4.58 Å². The lowest BCUT2D eigenvalue weighted by atomic mass is 9.81. The Hall–Kier alpha value is -4.49. The van der Waals surface area contributed by atoms with Crippen LogP contribution in [0.1, 0.15) is 97.6 Å². The van der Waals surface area contributed by atoms with Crippen molar-refractivity contribution in [1.29, 1.82) is 0 Å². The van der Waals surface area contributed by atoms with Gasteiger partial charge >= 0.3 is 0 Å². The monoisotopic (exact) mass is 709 g/mol. The first-order valence-corrected chi connectivity index (χ1v) is 20.0. The standard InChI is InChI=1S/C45H53N6S/c1-7-9-31-49-38-25-16-14-23-36(38)44(3,4)40(49)29-27-33-19-18-20-34(42(33)52-43-46-47-48-51(43)35-21-12-11-13-22-35)28-30-41-45(5,6)37-24-15-17-26-39(37)50(41)32-10-8-2/h11-17,21-30H,7-10,18-20,31-32H2,1-6H3/q+1. The van der Waals surface area contributed by atoms with E-state index in [2.05, 4.69) is 152 Å². The third kappa shape index (κ3) is 6.76. The van der Waals surface area contributed by atoms with Crippen molar-refractivity contribution in [2.45, 2.75) is 102 Å². The van der Waals surface area contributed by atoms with E-state index in [9.17, 15) is 0 Å². The second-order valence-corrected chi connectivity index (χ2v) is 16.3. The van der Waals surface area contributed by atoms with Gasteiger partial charge in [-0.15, -0.1) is 5.10 Å². The molecular weight excluding hydrogens is 657 g/mol. The predicted octanol–water partition coefficient (Wildman–Crippen LogP) is 11.0. The van der Waals surface area contributed by atoms with Crippen LogP contribution in [-0.2, 0) is 10.8 Å². The van der Waals surface area contributed by atoms with Crippen molar-refractivity contribution in [3.63, 3.8) is 0 Å². The molecule has 2 aliphatic heterocycles. The lowest BCUT2D eigenvalue weighted by molar-refractivity contribution is -0.438. The molecule has 0 amide bonds. The van der Waals surface area contributed by atoms with E-state index < -0.39 is 0 Å². The largest absolute Gasteiger partial charge is 0.344 e. The summed E-state index contributed by atoms with van der Waals surface area (Å²) in [5.41, 5.74) is 11.7. The van der Waals surface area contributed by atoms with Gasteiger partial charge in [0.2, 0.25) is 10.8 Å². The normalized spacial score (nSPS) is 19.4. The van der Waals surface area contributed by atoms with Crippen LogP contribution in [0.5, 0.6) is 0 Å². The lowest BCUT2D eigenvalue weighted by Gasteiger charge is -2.27. The second kappa shape index (κ2) is 15.2. The van der Waals surface area contributed by atoms with Gasteiger partial charge in [-0.2, -0.15) is 9.26 Å². The number of nitrogens with zero attached hydrogens (tertiary/aromatic N) is 6. The molecule has 1 aliphatic carbocycles. The number of rotatable bonds is 12. The molecular formula is C45H53N6S+. The molecule has 268 valence electrons.